The summed E-state index contributed by atoms with van der Waals surface area (Å²) in [4.78, 5) is 11.3. The molecule has 0 aromatic heterocycles. The summed E-state index contributed by atoms with van der Waals surface area (Å²) in [5, 5.41) is 23.7. The molecule has 0 heterocycles. The number of carbonyl (C=O) groups is 1. The fraction of sp³-hybridized carbons (Fsp3) is 0.500. The molecule has 0 fully saturated rings. The van der Waals surface area contributed by atoms with Gasteiger partial charge in [-0.3, -0.25) is 4.79 Å². The summed E-state index contributed by atoms with van der Waals surface area (Å²) in [5.74, 6) is -0.868. The van der Waals surface area contributed by atoms with Crippen LogP contribution in [0.25, 0.3) is 0 Å². The number of halogens is 3. The SMILES string of the molecule is CC(C(=O)O)c1ccc(O[C@H](C)[C@H](O)CNC(C)(C)CC2Cc3ccccc3C2)c(Cl)c1Cl.Cl. The van der Waals surface area contributed by atoms with Gasteiger partial charge in [0.2, 0.25) is 0 Å². The van der Waals surface area contributed by atoms with Crippen LogP contribution in [0.5, 0.6) is 5.75 Å². The molecule has 1 unspecified atom stereocenters. The van der Waals surface area contributed by atoms with E-state index in [0.29, 0.717) is 23.8 Å². The fourth-order valence-corrected chi connectivity index (χ4v) is 5.06. The van der Waals surface area contributed by atoms with Crippen molar-refractivity contribution in [3.63, 3.8) is 0 Å². The maximum absolute atomic E-state index is 11.3. The van der Waals surface area contributed by atoms with Gasteiger partial charge in [0.1, 0.15) is 23.0 Å². The molecule has 5 nitrogen and oxygen atoms in total. The Kier molecular flexibility index (Phi) is 10.1. The second-order valence-corrected chi connectivity index (χ2v) is 10.5. The van der Waals surface area contributed by atoms with Crippen LogP contribution in [-0.2, 0) is 17.6 Å². The molecule has 0 amide bonds. The minimum atomic E-state index is -0.986. The van der Waals surface area contributed by atoms with Crippen molar-refractivity contribution in [3.05, 3.63) is 63.1 Å². The van der Waals surface area contributed by atoms with Gasteiger partial charge in [0.05, 0.1) is 10.9 Å². The Morgan fingerprint density at radius 2 is 1.71 bits per heavy atom. The lowest BCUT2D eigenvalue weighted by Crippen LogP contribution is -2.48. The number of hydrogen-bond donors (Lipinski definition) is 3. The van der Waals surface area contributed by atoms with E-state index in [1.807, 2.05) is 0 Å². The highest BCUT2D eigenvalue weighted by Crippen LogP contribution is 2.38. The molecule has 1 aliphatic carbocycles. The number of hydrogen-bond acceptors (Lipinski definition) is 4. The topological polar surface area (TPSA) is 78.8 Å². The monoisotopic (exact) mass is 529 g/mol. The number of ether oxygens (including phenoxy) is 1. The van der Waals surface area contributed by atoms with Crippen LogP contribution in [0, 0.1) is 5.92 Å². The van der Waals surface area contributed by atoms with E-state index in [4.69, 9.17) is 27.9 Å². The minimum Gasteiger partial charge on any atom is -0.486 e. The molecule has 34 heavy (non-hydrogen) atoms. The summed E-state index contributed by atoms with van der Waals surface area (Å²) in [5.41, 5.74) is 3.18. The second kappa shape index (κ2) is 12.0. The van der Waals surface area contributed by atoms with Gasteiger partial charge < -0.3 is 20.3 Å². The highest BCUT2D eigenvalue weighted by Gasteiger charge is 2.29. The van der Waals surface area contributed by atoms with Gasteiger partial charge in [-0.05, 0) is 75.6 Å². The Labute approximate surface area is 218 Å². The third kappa shape index (κ3) is 7.02. The van der Waals surface area contributed by atoms with Gasteiger partial charge >= 0.3 is 5.97 Å². The highest BCUT2D eigenvalue weighted by molar-refractivity contribution is 6.43. The molecule has 0 bridgehead atoms. The lowest BCUT2D eigenvalue weighted by atomic mass is 9.88. The van der Waals surface area contributed by atoms with Crippen LogP contribution in [0.4, 0.5) is 0 Å². The van der Waals surface area contributed by atoms with Crippen molar-refractivity contribution in [2.75, 3.05) is 6.54 Å². The summed E-state index contributed by atoms with van der Waals surface area (Å²) in [6.45, 7) is 8.00. The van der Waals surface area contributed by atoms with E-state index in [1.54, 1.807) is 26.0 Å². The third-order valence-corrected chi connectivity index (χ3v) is 7.37. The number of carboxylic acids is 1. The number of benzene rings is 2. The zero-order chi connectivity index (χ0) is 24.3. The number of nitrogens with one attached hydrogen (secondary N) is 1. The molecule has 2 aromatic rings. The first-order chi connectivity index (χ1) is 15.5. The van der Waals surface area contributed by atoms with Crippen LogP contribution in [0.3, 0.4) is 0 Å². The van der Waals surface area contributed by atoms with E-state index in [0.717, 1.165) is 19.3 Å². The molecule has 3 atom stereocenters. The standard InChI is InChI=1S/C26H33Cl2NO4.ClH/c1-15(25(31)32)20-9-10-22(24(28)23(20)27)33-16(2)21(30)14-29-26(3,4)13-17-11-18-7-5-6-8-19(18)12-17;/h5-10,15-17,21,29-30H,11-14H2,1-4H3,(H,31,32);1H/t15?,16-,21-;/m1./s1. The Morgan fingerprint density at radius 1 is 1.12 bits per heavy atom. The summed E-state index contributed by atoms with van der Waals surface area (Å²) < 4.78 is 5.87. The number of fused-ring (bicyclic) bond motifs is 1. The van der Waals surface area contributed by atoms with Crippen LogP contribution in [0.2, 0.25) is 10.0 Å². The molecule has 2 aromatic carbocycles. The minimum absolute atomic E-state index is 0. The Bertz CT molecular complexity index is 973. The molecular formula is C26H34Cl3NO4. The average Bonchev–Trinajstić information content (AvgIpc) is 3.16. The maximum Gasteiger partial charge on any atom is 0.310 e. The van der Waals surface area contributed by atoms with E-state index in [-0.39, 0.29) is 28.0 Å². The van der Waals surface area contributed by atoms with E-state index in [1.165, 1.54) is 11.1 Å². The van der Waals surface area contributed by atoms with Gasteiger partial charge in [-0.15, -0.1) is 12.4 Å². The van der Waals surface area contributed by atoms with Gasteiger partial charge in [0.15, 0.2) is 0 Å². The molecule has 1 aliphatic rings. The average molecular weight is 531 g/mol. The molecule has 8 heteroatoms. The van der Waals surface area contributed by atoms with E-state index in [2.05, 4.69) is 43.4 Å². The molecule has 188 valence electrons. The summed E-state index contributed by atoms with van der Waals surface area (Å²) in [6, 6.07) is 11.8. The van der Waals surface area contributed by atoms with Crippen molar-refractivity contribution in [3.8, 4) is 5.75 Å². The Morgan fingerprint density at radius 3 is 2.26 bits per heavy atom. The fourth-order valence-electron chi connectivity index (χ4n) is 4.52. The number of carboxylic acid groups (broad SMARTS) is 1. The molecule has 0 radical (unpaired) electrons. The van der Waals surface area contributed by atoms with E-state index in [9.17, 15) is 15.0 Å². The van der Waals surface area contributed by atoms with Crippen molar-refractivity contribution in [2.24, 2.45) is 5.92 Å². The van der Waals surface area contributed by atoms with Crippen LogP contribution >= 0.6 is 35.6 Å². The third-order valence-electron chi connectivity index (χ3n) is 6.49. The van der Waals surface area contributed by atoms with Crippen molar-refractivity contribution in [1.29, 1.82) is 0 Å². The molecular weight excluding hydrogens is 497 g/mol. The maximum atomic E-state index is 11.3. The Balaban J connectivity index is 0.00000408. The first-order valence-electron chi connectivity index (χ1n) is 11.4. The van der Waals surface area contributed by atoms with Crippen molar-refractivity contribution >= 4 is 41.6 Å². The predicted octanol–water partition coefficient (Wildman–Crippen LogP) is 5.90. The second-order valence-electron chi connectivity index (χ2n) is 9.74. The van der Waals surface area contributed by atoms with Crippen LogP contribution in [-0.4, -0.2) is 40.5 Å². The van der Waals surface area contributed by atoms with Crippen molar-refractivity contribution in [1.82, 2.24) is 5.32 Å². The van der Waals surface area contributed by atoms with Gasteiger partial charge in [-0.2, -0.15) is 0 Å². The number of aliphatic hydroxyl groups is 1. The summed E-state index contributed by atoms with van der Waals surface area (Å²) in [6.07, 6.45) is 1.89. The number of β-amino-alcohol motifs (C(OH)–C–C–N with tert-alkyl or cyclic N) is 1. The van der Waals surface area contributed by atoms with E-state index >= 15 is 0 Å². The summed E-state index contributed by atoms with van der Waals surface area (Å²) >= 11 is 12.6. The van der Waals surface area contributed by atoms with Gasteiger partial charge in [0, 0.05) is 12.1 Å². The molecule has 0 aliphatic heterocycles. The van der Waals surface area contributed by atoms with Gasteiger partial charge in [0.25, 0.3) is 0 Å². The molecule has 3 N–H and O–H groups in total. The zero-order valence-corrected chi connectivity index (χ0v) is 22.3. The molecule has 0 saturated carbocycles. The largest absolute Gasteiger partial charge is 0.486 e. The van der Waals surface area contributed by atoms with Gasteiger partial charge in [-0.1, -0.05) is 53.5 Å². The highest BCUT2D eigenvalue weighted by atomic mass is 35.5. The van der Waals surface area contributed by atoms with E-state index < -0.39 is 24.1 Å². The smallest absolute Gasteiger partial charge is 0.310 e. The Hall–Kier alpha value is -1.50. The molecule has 0 saturated heterocycles. The predicted molar refractivity (Wildman–Crippen MR) is 140 cm³/mol. The zero-order valence-electron chi connectivity index (χ0n) is 20.0. The normalized spacial score (nSPS) is 16.3. The number of aliphatic carboxylic acids is 1. The first kappa shape index (κ1) is 28.7. The van der Waals surface area contributed by atoms with Crippen molar-refractivity contribution in [2.45, 2.75) is 70.6 Å². The van der Waals surface area contributed by atoms with Crippen LogP contribution in [0.15, 0.2) is 36.4 Å². The quantitative estimate of drug-likeness (QED) is 0.356. The lowest BCUT2D eigenvalue weighted by Gasteiger charge is -2.32. The number of aliphatic hydroxyl groups excluding tert-OH is 1. The lowest BCUT2D eigenvalue weighted by molar-refractivity contribution is -0.138. The molecule has 0 spiro atoms. The summed E-state index contributed by atoms with van der Waals surface area (Å²) in [7, 11) is 0. The van der Waals surface area contributed by atoms with Crippen LogP contribution in [0.1, 0.15) is 56.7 Å². The molecule has 3 rings (SSSR count). The van der Waals surface area contributed by atoms with Crippen LogP contribution < -0.4 is 10.1 Å². The van der Waals surface area contributed by atoms with Crippen molar-refractivity contribution < 1.29 is 19.7 Å². The van der Waals surface area contributed by atoms with Gasteiger partial charge in [-0.25, -0.2) is 0 Å². The first-order valence-corrected chi connectivity index (χ1v) is 12.1. The number of rotatable bonds is 10.